The van der Waals surface area contributed by atoms with Crippen molar-refractivity contribution in [3.63, 3.8) is 0 Å². The maximum atomic E-state index is 11.9. The molecule has 3 amide bonds. The van der Waals surface area contributed by atoms with Crippen LogP contribution in [-0.4, -0.2) is 23.8 Å². The van der Waals surface area contributed by atoms with Crippen LogP contribution in [0.25, 0.3) is 0 Å². The molecule has 0 bridgehead atoms. The number of carbonyl (C=O) groups excluding carboxylic acids is 3. The summed E-state index contributed by atoms with van der Waals surface area (Å²) in [7, 11) is 0. The summed E-state index contributed by atoms with van der Waals surface area (Å²) in [5.41, 5.74) is 5.22. The van der Waals surface area contributed by atoms with E-state index < -0.39 is 17.9 Å². The molecular formula is C19H21N3O4. The van der Waals surface area contributed by atoms with E-state index in [1.54, 1.807) is 55.5 Å². The number of hydrogen-bond acceptors (Lipinski definition) is 4. The van der Waals surface area contributed by atoms with Gasteiger partial charge < -0.3 is 10.1 Å². The van der Waals surface area contributed by atoms with Crippen LogP contribution in [0.1, 0.15) is 19.8 Å². The average molecular weight is 355 g/mol. The van der Waals surface area contributed by atoms with E-state index in [9.17, 15) is 14.4 Å². The number of hydrogen-bond donors (Lipinski definition) is 3. The van der Waals surface area contributed by atoms with Gasteiger partial charge in [-0.05, 0) is 31.2 Å². The Morgan fingerprint density at radius 3 is 2.08 bits per heavy atom. The third-order valence-electron chi connectivity index (χ3n) is 3.39. The van der Waals surface area contributed by atoms with Gasteiger partial charge in [-0.1, -0.05) is 36.4 Å². The minimum atomic E-state index is -0.779. The molecule has 7 nitrogen and oxygen atoms in total. The molecule has 0 aliphatic carbocycles. The van der Waals surface area contributed by atoms with Crippen LogP contribution in [0.4, 0.5) is 5.69 Å². The molecule has 1 unspecified atom stereocenters. The monoisotopic (exact) mass is 355 g/mol. The fourth-order valence-electron chi connectivity index (χ4n) is 2.02. The maximum Gasteiger partial charge on any atom is 0.279 e. The molecule has 2 rings (SSSR count). The number of anilines is 1. The van der Waals surface area contributed by atoms with Gasteiger partial charge in [0.25, 0.3) is 5.91 Å². The Morgan fingerprint density at radius 1 is 0.846 bits per heavy atom. The van der Waals surface area contributed by atoms with Gasteiger partial charge in [0.1, 0.15) is 5.75 Å². The average Bonchev–Trinajstić information content (AvgIpc) is 2.66. The van der Waals surface area contributed by atoms with E-state index in [4.69, 9.17) is 4.74 Å². The minimum Gasteiger partial charge on any atom is -0.481 e. The van der Waals surface area contributed by atoms with Crippen LogP contribution in [0.3, 0.4) is 0 Å². The highest BCUT2D eigenvalue weighted by Crippen LogP contribution is 2.10. The number of nitrogens with one attached hydrogen (secondary N) is 3. The summed E-state index contributed by atoms with van der Waals surface area (Å²) < 4.78 is 5.45. The first-order valence-corrected chi connectivity index (χ1v) is 8.20. The van der Waals surface area contributed by atoms with Crippen LogP contribution in [-0.2, 0) is 14.4 Å². The Hall–Kier alpha value is -3.35. The largest absolute Gasteiger partial charge is 0.481 e. The molecule has 2 aromatic rings. The molecule has 0 saturated heterocycles. The summed E-state index contributed by atoms with van der Waals surface area (Å²) >= 11 is 0. The molecule has 0 fully saturated rings. The van der Waals surface area contributed by atoms with Crippen molar-refractivity contribution in [1.29, 1.82) is 0 Å². The summed E-state index contributed by atoms with van der Waals surface area (Å²) in [5.74, 6) is -0.679. The van der Waals surface area contributed by atoms with Crippen LogP contribution in [0.15, 0.2) is 60.7 Å². The summed E-state index contributed by atoms with van der Waals surface area (Å²) in [4.78, 5) is 35.4. The number of benzene rings is 2. The normalized spacial score (nSPS) is 11.1. The third kappa shape index (κ3) is 6.64. The fourth-order valence-corrected chi connectivity index (χ4v) is 2.02. The first-order chi connectivity index (χ1) is 12.5. The lowest BCUT2D eigenvalue weighted by molar-refractivity contribution is -0.133. The van der Waals surface area contributed by atoms with Crippen molar-refractivity contribution < 1.29 is 19.1 Å². The molecule has 0 aromatic heterocycles. The SMILES string of the molecule is CC(Oc1ccccc1)C(=O)NNC(=O)CCC(=O)Nc1ccccc1. The lowest BCUT2D eigenvalue weighted by atomic mass is 10.2. The summed E-state index contributed by atoms with van der Waals surface area (Å²) in [6, 6.07) is 17.8. The van der Waals surface area contributed by atoms with E-state index in [1.807, 2.05) is 12.1 Å². The van der Waals surface area contributed by atoms with Gasteiger partial charge >= 0.3 is 0 Å². The van der Waals surface area contributed by atoms with Crippen molar-refractivity contribution in [3.8, 4) is 5.75 Å². The molecule has 2 aromatic carbocycles. The highest BCUT2D eigenvalue weighted by atomic mass is 16.5. The van der Waals surface area contributed by atoms with E-state index in [2.05, 4.69) is 16.2 Å². The van der Waals surface area contributed by atoms with Crippen LogP contribution in [0, 0.1) is 0 Å². The number of carbonyl (C=O) groups is 3. The summed E-state index contributed by atoms with van der Waals surface area (Å²) in [5, 5.41) is 2.68. The number of rotatable bonds is 7. The van der Waals surface area contributed by atoms with Crippen LogP contribution >= 0.6 is 0 Å². The Bertz CT molecular complexity index is 735. The lowest BCUT2D eigenvalue weighted by Crippen LogP contribution is -2.47. The van der Waals surface area contributed by atoms with E-state index >= 15 is 0 Å². The smallest absolute Gasteiger partial charge is 0.279 e. The second-order valence-electron chi connectivity index (χ2n) is 5.52. The van der Waals surface area contributed by atoms with Crippen LogP contribution in [0.2, 0.25) is 0 Å². The maximum absolute atomic E-state index is 11.9. The third-order valence-corrected chi connectivity index (χ3v) is 3.39. The number of ether oxygens (including phenoxy) is 1. The van der Waals surface area contributed by atoms with E-state index in [0.29, 0.717) is 11.4 Å². The van der Waals surface area contributed by atoms with Crippen LogP contribution in [0.5, 0.6) is 5.75 Å². The van der Waals surface area contributed by atoms with Gasteiger partial charge in [0.15, 0.2) is 6.10 Å². The quantitative estimate of drug-likeness (QED) is 0.662. The zero-order valence-electron chi connectivity index (χ0n) is 14.4. The molecule has 1 atom stereocenters. The summed E-state index contributed by atoms with van der Waals surface area (Å²) in [6.45, 7) is 1.57. The molecule has 0 aliphatic heterocycles. The first kappa shape index (κ1) is 19.0. The highest BCUT2D eigenvalue weighted by molar-refractivity contribution is 5.93. The Balaban J connectivity index is 1.66. The second-order valence-corrected chi connectivity index (χ2v) is 5.52. The zero-order valence-corrected chi connectivity index (χ0v) is 14.4. The summed E-state index contributed by atoms with van der Waals surface area (Å²) in [6.07, 6.45) is -0.821. The van der Waals surface area contributed by atoms with E-state index in [1.165, 1.54) is 0 Å². The molecule has 3 N–H and O–H groups in total. The standard InChI is InChI=1S/C19H21N3O4/c1-14(26-16-10-6-3-7-11-16)19(25)22-21-18(24)13-12-17(23)20-15-8-4-2-5-9-15/h2-11,14H,12-13H2,1H3,(H,20,23)(H,21,24)(H,22,25). The molecule has 0 saturated carbocycles. The van der Waals surface area contributed by atoms with E-state index in [0.717, 1.165) is 0 Å². The van der Waals surface area contributed by atoms with Gasteiger partial charge in [-0.3, -0.25) is 25.2 Å². The predicted octanol–water partition coefficient (Wildman–Crippen LogP) is 2.02. The van der Waals surface area contributed by atoms with Gasteiger partial charge in [0.2, 0.25) is 11.8 Å². The Kier molecular flexibility index (Phi) is 7.17. The molecular weight excluding hydrogens is 334 g/mol. The molecule has 136 valence electrons. The predicted molar refractivity (Wildman–Crippen MR) is 97.1 cm³/mol. The Morgan fingerprint density at radius 2 is 1.42 bits per heavy atom. The molecule has 0 heterocycles. The molecule has 0 aliphatic rings. The second kappa shape index (κ2) is 9.83. The van der Waals surface area contributed by atoms with Gasteiger partial charge in [-0.25, -0.2) is 0 Å². The molecule has 0 spiro atoms. The molecule has 26 heavy (non-hydrogen) atoms. The van der Waals surface area contributed by atoms with Gasteiger partial charge in [0, 0.05) is 18.5 Å². The van der Waals surface area contributed by atoms with Crippen molar-refractivity contribution >= 4 is 23.4 Å². The minimum absolute atomic E-state index is 0.00661. The van der Waals surface area contributed by atoms with Crippen molar-refractivity contribution in [3.05, 3.63) is 60.7 Å². The number of amides is 3. The van der Waals surface area contributed by atoms with E-state index in [-0.39, 0.29) is 18.7 Å². The van der Waals surface area contributed by atoms with Gasteiger partial charge in [-0.15, -0.1) is 0 Å². The van der Waals surface area contributed by atoms with Crippen LogP contribution < -0.4 is 20.9 Å². The van der Waals surface area contributed by atoms with Crippen molar-refractivity contribution in [2.24, 2.45) is 0 Å². The lowest BCUT2D eigenvalue weighted by Gasteiger charge is -2.15. The topological polar surface area (TPSA) is 96.5 Å². The highest BCUT2D eigenvalue weighted by Gasteiger charge is 2.15. The molecule has 7 heteroatoms. The van der Waals surface area contributed by atoms with Gasteiger partial charge in [-0.2, -0.15) is 0 Å². The Labute approximate surface area is 151 Å². The van der Waals surface area contributed by atoms with Gasteiger partial charge in [0.05, 0.1) is 0 Å². The number of hydrazine groups is 1. The molecule has 0 radical (unpaired) electrons. The first-order valence-electron chi connectivity index (χ1n) is 8.20. The van der Waals surface area contributed by atoms with Crippen molar-refractivity contribution in [2.45, 2.75) is 25.9 Å². The fraction of sp³-hybridized carbons (Fsp3) is 0.211. The number of para-hydroxylation sites is 2. The van der Waals surface area contributed by atoms with Crippen molar-refractivity contribution in [2.75, 3.05) is 5.32 Å². The zero-order chi connectivity index (χ0) is 18.8. The van der Waals surface area contributed by atoms with Crippen molar-refractivity contribution in [1.82, 2.24) is 10.9 Å².